The zero-order valence-corrected chi connectivity index (χ0v) is 14.4. The van der Waals surface area contributed by atoms with E-state index >= 15 is 0 Å². The third-order valence-corrected chi connectivity index (χ3v) is 4.74. The lowest BCUT2D eigenvalue weighted by atomic mass is 10.2. The number of hydrogen-bond acceptors (Lipinski definition) is 5. The maximum Gasteiger partial charge on any atom is 0.332 e. The lowest BCUT2D eigenvalue weighted by Gasteiger charge is -2.09. The van der Waals surface area contributed by atoms with Gasteiger partial charge in [-0.15, -0.1) is 0 Å². The summed E-state index contributed by atoms with van der Waals surface area (Å²) in [5.41, 5.74) is 1.36. The fourth-order valence-corrected chi connectivity index (χ4v) is 3.23. The summed E-state index contributed by atoms with van der Waals surface area (Å²) in [7, 11) is 1.67. The van der Waals surface area contributed by atoms with E-state index in [1.54, 1.807) is 13.4 Å². The van der Waals surface area contributed by atoms with Gasteiger partial charge in [0.2, 0.25) is 0 Å². The van der Waals surface area contributed by atoms with Crippen LogP contribution in [0.4, 0.5) is 0 Å². The molecule has 8 heteroatoms. The quantitative estimate of drug-likeness (QED) is 0.634. The first-order chi connectivity index (χ1) is 12.1. The molecule has 0 N–H and O–H groups in total. The van der Waals surface area contributed by atoms with Crippen molar-refractivity contribution >= 4 is 11.2 Å². The largest absolute Gasteiger partial charge is 0.361 e. The zero-order valence-electron chi connectivity index (χ0n) is 14.4. The molecular formula is C17H21N5O3. The van der Waals surface area contributed by atoms with E-state index in [0.717, 1.165) is 43.6 Å². The minimum Gasteiger partial charge on any atom is -0.361 e. The lowest BCUT2D eigenvalue weighted by Crippen LogP contribution is -2.39. The Morgan fingerprint density at radius 2 is 2.08 bits per heavy atom. The molecule has 3 aromatic heterocycles. The number of imidazole rings is 1. The molecule has 0 spiro atoms. The van der Waals surface area contributed by atoms with Crippen molar-refractivity contribution in [1.82, 2.24) is 23.8 Å². The van der Waals surface area contributed by atoms with E-state index in [-0.39, 0.29) is 11.2 Å². The van der Waals surface area contributed by atoms with Crippen molar-refractivity contribution in [3.05, 3.63) is 44.7 Å². The molecule has 1 aliphatic carbocycles. The SMILES string of the molecule is Cc1cc(CCCCn2c(=O)c3c(ncn3C3CC3)n(C)c2=O)no1. The maximum absolute atomic E-state index is 12.8. The van der Waals surface area contributed by atoms with Crippen LogP contribution >= 0.6 is 0 Å². The summed E-state index contributed by atoms with van der Waals surface area (Å²) in [5, 5.41) is 3.96. The smallest absolute Gasteiger partial charge is 0.332 e. The molecule has 0 radical (unpaired) electrons. The molecule has 132 valence electrons. The first-order valence-electron chi connectivity index (χ1n) is 8.65. The van der Waals surface area contributed by atoms with Gasteiger partial charge in [-0.1, -0.05) is 5.16 Å². The second-order valence-electron chi connectivity index (χ2n) is 6.74. The van der Waals surface area contributed by atoms with Crippen molar-refractivity contribution in [2.45, 2.75) is 51.6 Å². The average Bonchev–Trinajstić information content (AvgIpc) is 3.20. The molecule has 0 amide bonds. The molecule has 1 fully saturated rings. The van der Waals surface area contributed by atoms with Gasteiger partial charge < -0.3 is 9.09 Å². The molecule has 0 saturated heterocycles. The highest BCUT2D eigenvalue weighted by Gasteiger charge is 2.27. The van der Waals surface area contributed by atoms with E-state index in [9.17, 15) is 9.59 Å². The Morgan fingerprint density at radius 3 is 2.76 bits per heavy atom. The number of hydrogen-bond donors (Lipinski definition) is 0. The van der Waals surface area contributed by atoms with Gasteiger partial charge in [0, 0.05) is 25.7 Å². The summed E-state index contributed by atoms with van der Waals surface area (Å²) in [6, 6.07) is 2.25. The van der Waals surface area contributed by atoms with Crippen molar-refractivity contribution in [1.29, 1.82) is 0 Å². The summed E-state index contributed by atoms with van der Waals surface area (Å²) in [6.07, 6.45) is 6.14. The van der Waals surface area contributed by atoms with Gasteiger partial charge in [-0.25, -0.2) is 9.78 Å². The highest BCUT2D eigenvalue weighted by Crippen LogP contribution is 2.36. The Hall–Kier alpha value is -2.64. The topological polar surface area (TPSA) is 87.9 Å². The Kier molecular flexibility index (Phi) is 3.82. The van der Waals surface area contributed by atoms with Gasteiger partial charge in [0.15, 0.2) is 11.2 Å². The molecule has 0 aromatic carbocycles. The third-order valence-electron chi connectivity index (χ3n) is 4.74. The molecule has 0 atom stereocenters. The third kappa shape index (κ3) is 2.81. The van der Waals surface area contributed by atoms with Crippen LogP contribution in [0.1, 0.15) is 43.2 Å². The number of aryl methyl sites for hydroxylation is 3. The van der Waals surface area contributed by atoms with Crippen LogP contribution in [0.25, 0.3) is 11.2 Å². The van der Waals surface area contributed by atoms with E-state index in [0.29, 0.717) is 23.8 Å². The van der Waals surface area contributed by atoms with Crippen molar-refractivity contribution < 1.29 is 4.52 Å². The van der Waals surface area contributed by atoms with E-state index in [2.05, 4.69) is 10.1 Å². The number of fused-ring (bicyclic) bond motifs is 1. The zero-order chi connectivity index (χ0) is 17.6. The Labute approximate surface area is 143 Å². The molecule has 4 rings (SSSR count). The number of rotatable bonds is 6. The van der Waals surface area contributed by atoms with Gasteiger partial charge in [-0.2, -0.15) is 0 Å². The Morgan fingerprint density at radius 1 is 1.28 bits per heavy atom. The average molecular weight is 343 g/mol. The molecule has 25 heavy (non-hydrogen) atoms. The predicted molar refractivity (Wildman–Crippen MR) is 91.7 cm³/mol. The van der Waals surface area contributed by atoms with Crippen LogP contribution in [0.2, 0.25) is 0 Å². The van der Waals surface area contributed by atoms with Gasteiger partial charge in [0.1, 0.15) is 5.76 Å². The van der Waals surface area contributed by atoms with Gasteiger partial charge in [0.25, 0.3) is 5.56 Å². The van der Waals surface area contributed by atoms with E-state index < -0.39 is 0 Å². The standard InChI is InChI=1S/C17H21N5O3/c1-11-9-12(19-25-11)5-3-4-8-21-16(23)14-15(20(2)17(21)24)18-10-22(14)13-6-7-13/h9-10,13H,3-8H2,1-2H3. The highest BCUT2D eigenvalue weighted by molar-refractivity contribution is 5.70. The molecule has 0 unspecified atom stereocenters. The van der Waals surface area contributed by atoms with Crippen LogP contribution in [0.5, 0.6) is 0 Å². The Balaban J connectivity index is 1.57. The summed E-state index contributed by atoms with van der Waals surface area (Å²) < 4.78 is 9.77. The van der Waals surface area contributed by atoms with Gasteiger partial charge in [-0.05, 0) is 39.0 Å². The first-order valence-corrected chi connectivity index (χ1v) is 8.65. The van der Waals surface area contributed by atoms with Crippen LogP contribution < -0.4 is 11.2 Å². The van der Waals surface area contributed by atoms with Crippen LogP contribution in [-0.4, -0.2) is 23.8 Å². The minimum atomic E-state index is -0.309. The molecule has 3 heterocycles. The van der Waals surface area contributed by atoms with Crippen molar-refractivity contribution in [2.24, 2.45) is 7.05 Å². The molecular weight excluding hydrogens is 322 g/mol. The van der Waals surface area contributed by atoms with Gasteiger partial charge in [-0.3, -0.25) is 13.9 Å². The van der Waals surface area contributed by atoms with E-state index in [1.807, 2.05) is 17.6 Å². The second kappa shape index (κ2) is 6.02. The van der Waals surface area contributed by atoms with Crippen molar-refractivity contribution in [3.63, 3.8) is 0 Å². The molecule has 3 aromatic rings. The number of aromatic nitrogens is 5. The lowest BCUT2D eigenvalue weighted by molar-refractivity contribution is 0.389. The van der Waals surface area contributed by atoms with E-state index in [1.165, 1.54) is 9.13 Å². The van der Waals surface area contributed by atoms with Crippen molar-refractivity contribution in [2.75, 3.05) is 0 Å². The second-order valence-corrected chi connectivity index (χ2v) is 6.74. The normalized spacial score (nSPS) is 14.5. The fourth-order valence-electron chi connectivity index (χ4n) is 3.23. The van der Waals surface area contributed by atoms with Crippen molar-refractivity contribution in [3.8, 4) is 0 Å². The summed E-state index contributed by atoms with van der Waals surface area (Å²) in [5.74, 6) is 0.791. The first kappa shape index (κ1) is 15.9. The summed E-state index contributed by atoms with van der Waals surface area (Å²) in [4.78, 5) is 29.6. The molecule has 1 saturated carbocycles. The summed E-state index contributed by atoms with van der Waals surface area (Å²) in [6.45, 7) is 2.26. The maximum atomic E-state index is 12.8. The number of nitrogens with zero attached hydrogens (tertiary/aromatic N) is 5. The van der Waals surface area contributed by atoms with Crippen LogP contribution in [0.3, 0.4) is 0 Å². The van der Waals surface area contributed by atoms with Gasteiger partial charge in [0.05, 0.1) is 12.0 Å². The molecule has 0 bridgehead atoms. The number of unbranched alkanes of at least 4 members (excludes halogenated alkanes) is 1. The summed E-state index contributed by atoms with van der Waals surface area (Å²) >= 11 is 0. The van der Waals surface area contributed by atoms with Crippen LogP contribution in [-0.2, 0) is 20.0 Å². The molecule has 0 aliphatic heterocycles. The molecule has 1 aliphatic rings. The fraction of sp³-hybridized carbons (Fsp3) is 0.529. The monoisotopic (exact) mass is 343 g/mol. The Bertz CT molecular complexity index is 1030. The van der Waals surface area contributed by atoms with Crippen LogP contribution in [0, 0.1) is 6.92 Å². The van der Waals surface area contributed by atoms with Crippen LogP contribution in [0.15, 0.2) is 26.5 Å². The predicted octanol–water partition coefficient (Wildman–Crippen LogP) is 1.55. The molecule has 8 nitrogen and oxygen atoms in total. The van der Waals surface area contributed by atoms with E-state index in [4.69, 9.17) is 4.52 Å². The highest BCUT2D eigenvalue weighted by atomic mass is 16.5. The minimum absolute atomic E-state index is 0.236. The van der Waals surface area contributed by atoms with Gasteiger partial charge >= 0.3 is 5.69 Å².